The van der Waals surface area contributed by atoms with Crippen LogP contribution in [-0.2, 0) is 13.0 Å². The summed E-state index contributed by atoms with van der Waals surface area (Å²) in [7, 11) is 3.30. The number of hydrogen-bond donors (Lipinski definition) is 1. The molecule has 1 atom stereocenters. The summed E-state index contributed by atoms with van der Waals surface area (Å²) < 4.78 is 11.1. The van der Waals surface area contributed by atoms with E-state index < -0.39 is 0 Å². The van der Waals surface area contributed by atoms with Crippen molar-refractivity contribution >= 4 is 22.5 Å². The lowest BCUT2D eigenvalue weighted by Gasteiger charge is -2.37. The molecule has 1 aliphatic heterocycles. The Morgan fingerprint density at radius 1 is 1.06 bits per heavy atom. The van der Waals surface area contributed by atoms with Gasteiger partial charge in [0.15, 0.2) is 11.5 Å². The van der Waals surface area contributed by atoms with Crippen molar-refractivity contribution in [1.82, 2.24) is 14.9 Å². The molecule has 6 nitrogen and oxygen atoms in total. The maximum atomic E-state index is 12.7. The average molecular weight is 462 g/mol. The van der Waals surface area contributed by atoms with Crippen molar-refractivity contribution in [2.45, 2.75) is 19.0 Å². The van der Waals surface area contributed by atoms with Gasteiger partial charge in [-0.2, -0.15) is 0 Å². The molecule has 0 bridgehead atoms. The molecule has 0 amide bonds. The minimum Gasteiger partial charge on any atom is -0.493 e. The number of rotatable bonds is 5. The van der Waals surface area contributed by atoms with Crippen molar-refractivity contribution in [3.8, 4) is 11.5 Å². The van der Waals surface area contributed by atoms with Crippen LogP contribution in [0.2, 0.25) is 5.02 Å². The van der Waals surface area contributed by atoms with Gasteiger partial charge in [0.25, 0.3) is 5.56 Å². The number of fused-ring (bicyclic) bond motifs is 2. The first-order valence-electron chi connectivity index (χ1n) is 10.8. The zero-order valence-corrected chi connectivity index (χ0v) is 19.2. The first kappa shape index (κ1) is 21.5. The van der Waals surface area contributed by atoms with E-state index in [1.165, 1.54) is 5.56 Å². The number of methoxy groups -OCH3 is 2. The predicted molar refractivity (Wildman–Crippen MR) is 129 cm³/mol. The van der Waals surface area contributed by atoms with Crippen LogP contribution >= 0.6 is 11.6 Å². The van der Waals surface area contributed by atoms with E-state index in [4.69, 9.17) is 26.1 Å². The first-order valence-corrected chi connectivity index (χ1v) is 11.2. The van der Waals surface area contributed by atoms with E-state index in [0.29, 0.717) is 34.0 Å². The minimum absolute atomic E-state index is 0.0184. The molecule has 0 radical (unpaired) electrons. The number of ether oxygens (including phenoxy) is 2. The largest absolute Gasteiger partial charge is 0.493 e. The minimum atomic E-state index is -0.160. The van der Waals surface area contributed by atoms with Gasteiger partial charge in [0.05, 0.1) is 37.7 Å². The molecule has 4 aromatic rings. The average Bonchev–Trinajstić information content (AvgIpc) is 2.83. The van der Waals surface area contributed by atoms with Crippen LogP contribution in [0.1, 0.15) is 28.6 Å². The molecule has 1 aliphatic rings. The van der Waals surface area contributed by atoms with Gasteiger partial charge in [0.2, 0.25) is 0 Å². The maximum Gasteiger partial charge on any atom is 0.258 e. The summed E-state index contributed by atoms with van der Waals surface area (Å²) in [5.74, 6) is 2.04. The molecule has 1 N–H and O–H groups in total. The number of aromatic amines is 1. The molecular weight excluding hydrogens is 438 g/mol. The van der Waals surface area contributed by atoms with Crippen LogP contribution in [-0.4, -0.2) is 35.6 Å². The Bertz CT molecular complexity index is 1370. The smallest absolute Gasteiger partial charge is 0.258 e. The van der Waals surface area contributed by atoms with Crippen LogP contribution in [0.25, 0.3) is 10.9 Å². The fourth-order valence-electron chi connectivity index (χ4n) is 4.62. The van der Waals surface area contributed by atoms with Crippen LogP contribution in [0, 0.1) is 0 Å². The predicted octanol–water partition coefficient (Wildman–Crippen LogP) is 4.74. The Morgan fingerprint density at radius 2 is 1.82 bits per heavy atom. The Balaban J connectivity index is 1.59. The number of hydrogen-bond acceptors (Lipinski definition) is 5. The fourth-order valence-corrected chi connectivity index (χ4v) is 4.79. The Morgan fingerprint density at radius 3 is 2.58 bits per heavy atom. The third-order valence-corrected chi connectivity index (χ3v) is 6.39. The molecule has 0 spiro atoms. The summed E-state index contributed by atoms with van der Waals surface area (Å²) >= 11 is 6.14. The lowest BCUT2D eigenvalue weighted by molar-refractivity contribution is 0.198. The number of benzene rings is 3. The van der Waals surface area contributed by atoms with Gasteiger partial charge in [-0.1, -0.05) is 41.9 Å². The third kappa shape index (κ3) is 4.08. The maximum absolute atomic E-state index is 12.7. The van der Waals surface area contributed by atoms with Crippen molar-refractivity contribution < 1.29 is 9.47 Å². The molecule has 0 aliphatic carbocycles. The molecule has 0 fully saturated rings. The van der Waals surface area contributed by atoms with Crippen LogP contribution in [0.3, 0.4) is 0 Å². The number of H-pyrrole nitrogens is 1. The van der Waals surface area contributed by atoms with Crippen molar-refractivity contribution in [3.63, 3.8) is 0 Å². The fraction of sp³-hybridized carbons (Fsp3) is 0.231. The highest BCUT2D eigenvalue weighted by atomic mass is 35.5. The second kappa shape index (κ2) is 8.89. The van der Waals surface area contributed by atoms with Crippen LogP contribution in [0.5, 0.6) is 11.5 Å². The summed E-state index contributed by atoms with van der Waals surface area (Å²) in [4.78, 5) is 22.7. The van der Waals surface area contributed by atoms with E-state index in [1.807, 2.05) is 18.2 Å². The first-order chi connectivity index (χ1) is 16.1. The normalized spacial score (nSPS) is 15.9. The van der Waals surface area contributed by atoms with Crippen LogP contribution < -0.4 is 15.0 Å². The Labute approximate surface area is 196 Å². The number of halogens is 1. The Hall–Kier alpha value is -3.35. The van der Waals surface area contributed by atoms with Gasteiger partial charge in [-0.3, -0.25) is 9.69 Å². The summed E-state index contributed by atoms with van der Waals surface area (Å²) in [6, 6.07) is 19.6. The third-order valence-electron chi connectivity index (χ3n) is 6.16. The van der Waals surface area contributed by atoms with Crippen molar-refractivity contribution in [3.05, 3.63) is 98.6 Å². The molecule has 1 aromatic heterocycles. The van der Waals surface area contributed by atoms with Gasteiger partial charge in [0.1, 0.15) is 5.82 Å². The van der Waals surface area contributed by atoms with Gasteiger partial charge in [0, 0.05) is 11.6 Å². The Kier molecular flexibility index (Phi) is 5.79. The standard InChI is InChI=1S/C26H24ClN3O3/c1-32-22-12-17-10-11-30(15-24-28-21-13-18(27)8-9-19(21)26(31)29-24)25(16-6-4-3-5-7-16)20(17)14-23(22)33-2/h3-9,12-14,25H,10-11,15H2,1-2H3,(H,28,29,31). The number of nitrogens with zero attached hydrogens (tertiary/aromatic N) is 2. The van der Waals surface area contributed by atoms with Gasteiger partial charge < -0.3 is 14.5 Å². The molecule has 0 saturated carbocycles. The van der Waals surface area contributed by atoms with E-state index in [2.05, 4.69) is 34.1 Å². The van der Waals surface area contributed by atoms with E-state index in [1.54, 1.807) is 32.4 Å². The second-order valence-electron chi connectivity index (χ2n) is 8.11. The molecule has 168 valence electrons. The lowest BCUT2D eigenvalue weighted by Crippen LogP contribution is -2.36. The second-order valence-corrected chi connectivity index (χ2v) is 8.55. The summed E-state index contributed by atoms with van der Waals surface area (Å²) in [6.07, 6.45) is 0.850. The number of nitrogens with one attached hydrogen (secondary N) is 1. The molecule has 1 unspecified atom stereocenters. The van der Waals surface area contributed by atoms with Crippen LogP contribution in [0.4, 0.5) is 0 Å². The van der Waals surface area contributed by atoms with Gasteiger partial charge in [-0.25, -0.2) is 4.98 Å². The van der Waals surface area contributed by atoms with Crippen molar-refractivity contribution in [1.29, 1.82) is 0 Å². The zero-order valence-electron chi connectivity index (χ0n) is 18.5. The monoisotopic (exact) mass is 461 g/mol. The van der Waals surface area contributed by atoms with Crippen LogP contribution in [0.15, 0.2) is 65.5 Å². The van der Waals surface area contributed by atoms with Crippen molar-refractivity contribution in [2.75, 3.05) is 20.8 Å². The highest BCUT2D eigenvalue weighted by molar-refractivity contribution is 6.31. The quantitative estimate of drug-likeness (QED) is 0.465. The van der Waals surface area contributed by atoms with Gasteiger partial charge >= 0.3 is 0 Å². The lowest BCUT2D eigenvalue weighted by atomic mass is 9.87. The van der Waals surface area contributed by atoms with Gasteiger partial charge in [-0.15, -0.1) is 0 Å². The highest BCUT2D eigenvalue weighted by Crippen LogP contribution is 2.41. The van der Waals surface area contributed by atoms with Gasteiger partial charge in [-0.05, 0) is 53.4 Å². The zero-order chi connectivity index (χ0) is 22.9. The SMILES string of the molecule is COc1cc2c(cc1OC)C(c1ccccc1)N(Cc1nc3cc(Cl)ccc3c(=O)[nH]1)CC2. The van der Waals surface area contributed by atoms with Crippen molar-refractivity contribution in [2.24, 2.45) is 0 Å². The molecule has 7 heteroatoms. The van der Waals surface area contributed by atoms with E-state index >= 15 is 0 Å². The molecule has 5 rings (SSSR count). The van der Waals surface area contributed by atoms with E-state index in [-0.39, 0.29) is 11.6 Å². The molecular formula is C26H24ClN3O3. The van der Waals surface area contributed by atoms with E-state index in [0.717, 1.165) is 29.8 Å². The highest BCUT2D eigenvalue weighted by Gasteiger charge is 2.31. The summed E-state index contributed by atoms with van der Waals surface area (Å²) in [5, 5.41) is 1.09. The molecule has 33 heavy (non-hydrogen) atoms. The topological polar surface area (TPSA) is 67.5 Å². The van der Waals surface area contributed by atoms with E-state index in [9.17, 15) is 4.79 Å². The summed E-state index contributed by atoms with van der Waals surface area (Å²) in [6.45, 7) is 1.30. The molecule has 2 heterocycles. The number of aromatic nitrogens is 2. The molecule has 3 aromatic carbocycles. The molecule has 0 saturated heterocycles. The summed E-state index contributed by atoms with van der Waals surface area (Å²) in [5.41, 5.74) is 3.99.